The second kappa shape index (κ2) is 7.23. The molecule has 0 bridgehead atoms. The third kappa shape index (κ3) is 2.84. The second-order valence-electron chi connectivity index (χ2n) is 7.01. The van der Waals surface area contributed by atoms with Gasteiger partial charge in [0.25, 0.3) is 0 Å². The summed E-state index contributed by atoms with van der Waals surface area (Å²) in [6.07, 6.45) is 5.91. The molecule has 7 nitrogen and oxygen atoms in total. The SMILES string of the molecule is CCN(CC)C1(c2nnnn2-c2ccc3c(c2)OCCO3)CCCCC1. The summed E-state index contributed by atoms with van der Waals surface area (Å²) in [5.74, 6) is 2.49. The molecule has 2 aliphatic rings. The molecule has 1 aliphatic carbocycles. The second-order valence-corrected chi connectivity index (χ2v) is 7.01. The molecule has 1 aromatic carbocycles. The Balaban J connectivity index is 1.77. The van der Waals surface area contributed by atoms with E-state index in [-0.39, 0.29) is 5.54 Å². The molecule has 0 spiro atoms. The Labute approximate surface area is 154 Å². The zero-order valence-corrected chi connectivity index (χ0v) is 15.6. The highest BCUT2D eigenvalue weighted by molar-refractivity contribution is 5.49. The van der Waals surface area contributed by atoms with Gasteiger partial charge in [-0.3, -0.25) is 4.90 Å². The first kappa shape index (κ1) is 17.3. The van der Waals surface area contributed by atoms with Gasteiger partial charge >= 0.3 is 0 Å². The van der Waals surface area contributed by atoms with Crippen LogP contribution in [0.15, 0.2) is 18.2 Å². The molecule has 0 atom stereocenters. The predicted molar refractivity (Wildman–Crippen MR) is 97.8 cm³/mol. The quantitative estimate of drug-likeness (QED) is 0.820. The summed E-state index contributed by atoms with van der Waals surface area (Å²) in [6.45, 7) is 7.58. The number of rotatable bonds is 5. The Morgan fingerprint density at radius 2 is 1.77 bits per heavy atom. The van der Waals surface area contributed by atoms with Gasteiger partial charge in [0, 0.05) is 6.07 Å². The summed E-state index contributed by atoms with van der Waals surface area (Å²) in [6, 6.07) is 5.93. The zero-order valence-electron chi connectivity index (χ0n) is 15.6. The molecule has 1 aliphatic heterocycles. The van der Waals surface area contributed by atoms with Crippen LogP contribution in [0.4, 0.5) is 0 Å². The number of nitrogens with zero attached hydrogens (tertiary/aromatic N) is 5. The molecule has 7 heteroatoms. The van der Waals surface area contributed by atoms with Crippen molar-refractivity contribution in [2.75, 3.05) is 26.3 Å². The van der Waals surface area contributed by atoms with E-state index in [0.29, 0.717) is 13.2 Å². The molecule has 0 radical (unpaired) electrons. The molecular formula is C19H27N5O2. The third-order valence-corrected chi connectivity index (χ3v) is 5.71. The first-order valence-electron chi connectivity index (χ1n) is 9.72. The summed E-state index contributed by atoms with van der Waals surface area (Å²) in [5, 5.41) is 12.9. The molecule has 0 N–H and O–H groups in total. The predicted octanol–water partition coefficient (Wildman–Crippen LogP) is 2.93. The van der Waals surface area contributed by atoms with Crippen LogP contribution in [0.1, 0.15) is 51.8 Å². The van der Waals surface area contributed by atoms with E-state index in [4.69, 9.17) is 9.47 Å². The summed E-state index contributed by atoms with van der Waals surface area (Å²) in [4.78, 5) is 2.52. The van der Waals surface area contributed by atoms with Crippen molar-refractivity contribution in [1.82, 2.24) is 25.1 Å². The van der Waals surface area contributed by atoms with E-state index in [1.165, 1.54) is 19.3 Å². The van der Waals surface area contributed by atoms with Crippen molar-refractivity contribution in [2.24, 2.45) is 0 Å². The van der Waals surface area contributed by atoms with Gasteiger partial charge in [0.2, 0.25) is 0 Å². The number of benzene rings is 1. The third-order valence-electron chi connectivity index (χ3n) is 5.71. The summed E-state index contributed by atoms with van der Waals surface area (Å²) in [5.41, 5.74) is 0.824. The van der Waals surface area contributed by atoms with Crippen LogP contribution in [-0.4, -0.2) is 51.4 Å². The molecule has 140 valence electrons. The van der Waals surface area contributed by atoms with Gasteiger partial charge in [-0.1, -0.05) is 33.1 Å². The van der Waals surface area contributed by atoms with E-state index >= 15 is 0 Å². The average molecular weight is 357 g/mol. The highest BCUT2D eigenvalue weighted by atomic mass is 16.6. The number of fused-ring (bicyclic) bond motifs is 1. The lowest BCUT2D eigenvalue weighted by Crippen LogP contribution is -2.49. The fraction of sp³-hybridized carbons (Fsp3) is 0.632. The van der Waals surface area contributed by atoms with Crippen LogP contribution in [0.25, 0.3) is 5.69 Å². The molecule has 4 rings (SSSR count). The molecular weight excluding hydrogens is 330 g/mol. The van der Waals surface area contributed by atoms with Gasteiger partial charge in [-0.2, -0.15) is 4.68 Å². The van der Waals surface area contributed by atoms with E-state index in [0.717, 1.165) is 48.9 Å². The van der Waals surface area contributed by atoms with Crippen molar-refractivity contribution in [3.8, 4) is 17.2 Å². The molecule has 1 aromatic heterocycles. The lowest BCUT2D eigenvalue weighted by molar-refractivity contribution is 0.0463. The Morgan fingerprint density at radius 3 is 2.50 bits per heavy atom. The van der Waals surface area contributed by atoms with Gasteiger partial charge in [-0.15, -0.1) is 5.10 Å². The maximum atomic E-state index is 5.75. The normalized spacial score (nSPS) is 18.9. The van der Waals surface area contributed by atoms with Gasteiger partial charge in [-0.05, 0) is 48.5 Å². The van der Waals surface area contributed by atoms with Gasteiger partial charge in [0.05, 0.1) is 11.2 Å². The number of tetrazole rings is 1. The van der Waals surface area contributed by atoms with Crippen LogP contribution < -0.4 is 9.47 Å². The van der Waals surface area contributed by atoms with Crippen molar-refractivity contribution in [2.45, 2.75) is 51.5 Å². The molecule has 2 aromatic rings. The van der Waals surface area contributed by atoms with Crippen molar-refractivity contribution < 1.29 is 9.47 Å². The first-order valence-corrected chi connectivity index (χ1v) is 9.72. The van der Waals surface area contributed by atoms with Crippen LogP contribution in [0, 0.1) is 0 Å². The smallest absolute Gasteiger partial charge is 0.176 e. The Hall–Kier alpha value is -2.15. The zero-order chi connectivity index (χ0) is 18.0. The van der Waals surface area contributed by atoms with Crippen molar-refractivity contribution >= 4 is 0 Å². The lowest BCUT2D eigenvalue weighted by atomic mass is 9.79. The number of aromatic nitrogens is 4. The van der Waals surface area contributed by atoms with Gasteiger partial charge in [0.1, 0.15) is 13.2 Å². The lowest BCUT2D eigenvalue weighted by Gasteiger charge is -2.44. The summed E-state index contributed by atoms with van der Waals surface area (Å²) >= 11 is 0. The van der Waals surface area contributed by atoms with E-state index in [1.807, 2.05) is 22.9 Å². The van der Waals surface area contributed by atoms with Crippen LogP contribution in [0.5, 0.6) is 11.5 Å². The highest BCUT2D eigenvalue weighted by Crippen LogP contribution is 2.42. The topological polar surface area (TPSA) is 65.3 Å². The van der Waals surface area contributed by atoms with Gasteiger partial charge in [-0.25, -0.2) is 0 Å². The number of hydrogen-bond donors (Lipinski definition) is 0. The standard InChI is InChI=1S/C19H27N5O2/c1-3-23(4-2)19(10-6-5-7-11-19)18-20-21-22-24(18)15-8-9-16-17(14-15)26-13-12-25-16/h8-9,14H,3-7,10-13H2,1-2H3. The minimum atomic E-state index is -0.0987. The minimum absolute atomic E-state index is 0.0987. The Morgan fingerprint density at radius 1 is 1.04 bits per heavy atom. The van der Waals surface area contributed by atoms with Crippen LogP contribution in [-0.2, 0) is 5.54 Å². The van der Waals surface area contributed by atoms with E-state index in [9.17, 15) is 0 Å². The monoisotopic (exact) mass is 357 g/mol. The molecule has 1 saturated carbocycles. The van der Waals surface area contributed by atoms with Crippen LogP contribution in [0.3, 0.4) is 0 Å². The van der Waals surface area contributed by atoms with E-state index < -0.39 is 0 Å². The van der Waals surface area contributed by atoms with E-state index in [1.54, 1.807) is 0 Å². The maximum absolute atomic E-state index is 5.75. The molecule has 1 fully saturated rings. The minimum Gasteiger partial charge on any atom is -0.486 e. The highest BCUT2D eigenvalue weighted by Gasteiger charge is 2.43. The summed E-state index contributed by atoms with van der Waals surface area (Å²) < 4.78 is 13.3. The van der Waals surface area contributed by atoms with Crippen molar-refractivity contribution in [3.63, 3.8) is 0 Å². The Bertz CT molecular complexity index is 750. The fourth-order valence-electron chi connectivity index (χ4n) is 4.46. The Kier molecular flexibility index (Phi) is 4.80. The fourth-order valence-corrected chi connectivity index (χ4v) is 4.46. The maximum Gasteiger partial charge on any atom is 0.176 e. The van der Waals surface area contributed by atoms with E-state index in [2.05, 4.69) is 34.3 Å². The average Bonchev–Trinajstić information content (AvgIpc) is 3.20. The molecule has 2 heterocycles. The van der Waals surface area contributed by atoms with Gasteiger partial charge in [0.15, 0.2) is 17.3 Å². The molecule has 0 saturated heterocycles. The largest absolute Gasteiger partial charge is 0.486 e. The van der Waals surface area contributed by atoms with Crippen LogP contribution in [0.2, 0.25) is 0 Å². The molecule has 0 unspecified atom stereocenters. The first-order chi connectivity index (χ1) is 12.8. The van der Waals surface area contributed by atoms with Crippen molar-refractivity contribution in [1.29, 1.82) is 0 Å². The van der Waals surface area contributed by atoms with Crippen LogP contribution >= 0.6 is 0 Å². The molecule has 26 heavy (non-hydrogen) atoms. The number of ether oxygens (including phenoxy) is 2. The molecule has 0 amide bonds. The van der Waals surface area contributed by atoms with Gasteiger partial charge < -0.3 is 9.47 Å². The van der Waals surface area contributed by atoms with Crippen molar-refractivity contribution in [3.05, 3.63) is 24.0 Å². The number of hydrogen-bond acceptors (Lipinski definition) is 6. The summed E-state index contributed by atoms with van der Waals surface area (Å²) in [7, 11) is 0.